The maximum atomic E-state index is 11.0. The number of hydrogen-bond donors (Lipinski definition) is 2. The Hall–Kier alpha value is -2.12. The van der Waals surface area contributed by atoms with Crippen LogP contribution in [0.2, 0.25) is 0 Å². The lowest BCUT2D eigenvalue weighted by Crippen LogP contribution is -2.39. The molecule has 0 aliphatic heterocycles. The van der Waals surface area contributed by atoms with Gasteiger partial charge in [-0.1, -0.05) is 0 Å². The molecule has 0 aliphatic rings. The van der Waals surface area contributed by atoms with Crippen molar-refractivity contribution in [3.05, 3.63) is 0 Å². The summed E-state index contributed by atoms with van der Waals surface area (Å²) in [7, 11) is 0. The number of rotatable bonds is 6. The summed E-state index contributed by atoms with van der Waals surface area (Å²) >= 11 is 0. The number of ether oxygens (including phenoxy) is 1. The highest BCUT2D eigenvalue weighted by Crippen LogP contribution is 2.15. The number of carbonyl (C=O) groups is 1. The number of carbonyl (C=O) groups excluding carboxylic acids is 1. The van der Waals surface area contributed by atoms with Crippen LogP contribution in [0.25, 0.3) is 0 Å². The molecule has 0 aliphatic carbocycles. The van der Waals surface area contributed by atoms with E-state index in [0.29, 0.717) is 6.61 Å². The smallest absolute Gasteiger partial charge is 0.323 e. The first kappa shape index (κ1) is 13.9. The molecule has 0 spiro atoms. The number of anilines is 2. The molecule has 8 heteroatoms. The van der Waals surface area contributed by atoms with E-state index in [0.717, 1.165) is 0 Å². The molecule has 1 amide bonds. The van der Waals surface area contributed by atoms with Crippen LogP contribution in [0.3, 0.4) is 0 Å². The number of hydrogen-bond acceptors (Lipinski definition) is 7. The number of nitrogens with zero attached hydrogens (tertiary/aromatic N) is 4. The first-order valence-electron chi connectivity index (χ1n) is 5.63. The average Bonchev–Trinajstić information content (AvgIpc) is 2.24. The Kier molecular flexibility index (Phi) is 4.64. The van der Waals surface area contributed by atoms with Gasteiger partial charge in [0.15, 0.2) is 0 Å². The average molecular weight is 254 g/mol. The van der Waals surface area contributed by atoms with Crippen molar-refractivity contribution in [2.45, 2.75) is 26.8 Å². The Morgan fingerprint density at radius 3 is 2.56 bits per heavy atom. The number of primary amides is 1. The van der Waals surface area contributed by atoms with Gasteiger partial charge in [-0.2, -0.15) is 15.0 Å². The van der Waals surface area contributed by atoms with Crippen molar-refractivity contribution in [3.8, 4) is 6.01 Å². The zero-order valence-electron chi connectivity index (χ0n) is 10.8. The Bertz CT molecular complexity index is 423. The van der Waals surface area contributed by atoms with Crippen LogP contribution in [0.1, 0.15) is 20.8 Å². The van der Waals surface area contributed by atoms with Crippen LogP contribution in [0.15, 0.2) is 0 Å². The minimum absolute atomic E-state index is 0.00576. The molecule has 0 fully saturated rings. The molecule has 1 rings (SSSR count). The monoisotopic (exact) mass is 254 g/mol. The summed E-state index contributed by atoms with van der Waals surface area (Å²) in [5, 5.41) is 0. The molecule has 0 saturated heterocycles. The van der Waals surface area contributed by atoms with Gasteiger partial charge in [-0.3, -0.25) is 4.79 Å². The van der Waals surface area contributed by atoms with Gasteiger partial charge >= 0.3 is 6.01 Å². The second-order valence-electron chi connectivity index (χ2n) is 3.90. The Balaban J connectivity index is 3.06. The number of nitrogens with two attached hydrogens (primary N) is 2. The third-order valence-electron chi connectivity index (χ3n) is 2.10. The Morgan fingerprint density at radius 2 is 2.06 bits per heavy atom. The lowest BCUT2D eigenvalue weighted by molar-refractivity contribution is -0.116. The van der Waals surface area contributed by atoms with Crippen molar-refractivity contribution in [3.63, 3.8) is 0 Å². The van der Waals surface area contributed by atoms with Gasteiger partial charge in [-0.05, 0) is 20.8 Å². The van der Waals surface area contributed by atoms with Gasteiger partial charge in [0.2, 0.25) is 17.8 Å². The topological polar surface area (TPSA) is 120 Å². The van der Waals surface area contributed by atoms with Crippen molar-refractivity contribution in [1.29, 1.82) is 0 Å². The van der Waals surface area contributed by atoms with Crippen molar-refractivity contribution in [2.24, 2.45) is 5.73 Å². The molecule has 100 valence electrons. The second kappa shape index (κ2) is 5.99. The molecular formula is C10H18N6O2. The summed E-state index contributed by atoms with van der Waals surface area (Å²) in [6.45, 7) is 6.02. The standard InChI is InChI=1S/C10H18N6O2/c1-4-18-10-14-8(12)13-9(15-10)16(6(2)3)5-7(11)17/h6H,4-5H2,1-3H3,(H2,11,17)(H2,12,13,14,15). The molecule has 1 aromatic rings. The third-order valence-corrected chi connectivity index (χ3v) is 2.10. The van der Waals surface area contributed by atoms with E-state index in [1.165, 1.54) is 0 Å². The van der Waals surface area contributed by atoms with Crippen LogP contribution in [0.5, 0.6) is 6.01 Å². The fraction of sp³-hybridized carbons (Fsp3) is 0.600. The van der Waals surface area contributed by atoms with E-state index in [1.54, 1.807) is 4.90 Å². The molecule has 1 heterocycles. The maximum absolute atomic E-state index is 11.0. The van der Waals surface area contributed by atoms with Gasteiger partial charge < -0.3 is 21.1 Å². The molecule has 0 unspecified atom stereocenters. The van der Waals surface area contributed by atoms with Crippen LogP contribution in [0.4, 0.5) is 11.9 Å². The molecule has 4 N–H and O–H groups in total. The van der Waals surface area contributed by atoms with E-state index in [1.807, 2.05) is 20.8 Å². The summed E-state index contributed by atoms with van der Waals surface area (Å²) in [4.78, 5) is 24.6. The lowest BCUT2D eigenvalue weighted by atomic mass is 10.3. The van der Waals surface area contributed by atoms with E-state index in [-0.39, 0.29) is 30.5 Å². The summed E-state index contributed by atoms with van der Waals surface area (Å²) in [5.74, 6) is -0.154. The summed E-state index contributed by atoms with van der Waals surface area (Å²) in [6.07, 6.45) is 0. The van der Waals surface area contributed by atoms with Gasteiger partial charge in [0.25, 0.3) is 0 Å². The van der Waals surface area contributed by atoms with Crippen LogP contribution in [-0.4, -0.2) is 40.1 Å². The Labute approximate surface area is 105 Å². The quantitative estimate of drug-likeness (QED) is 0.705. The molecule has 0 bridgehead atoms. The minimum atomic E-state index is -0.472. The van der Waals surface area contributed by atoms with Crippen molar-refractivity contribution in [2.75, 3.05) is 23.8 Å². The number of amides is 1. The van der Waals surface area contributed by atoms with Gasteiger partial charge in [0.1, 0.15) is 0 Å². The van der Waals surface area contributed by atoms with Crippen LogP contribution >= 0.6 is 0 Å². The number of nitrogen functional groups attached to an aromatic ring is 1. The van der Waals surface area contributed by atoms with Crippen LogP contribution in [0, 0.1) is 0 Å². The zero-order valence-corrected chi connectivity index (χ0v) is 10.8. The largest absolute Gasteiger partial charge is 0.464 e. The predicted molar refractivity (Wildman–Crippen MR) is 67.1 cm³/mol. The third kappa shape index (κ3) is 3.72. The van der Waals surface area contributed by atoms with Gasteiger partial charge in [-0.25, -0.2) is 0 Å². The zero-order chi connectivity index (χ0) is 13.7. The SMILES string of the molecule is CCOc1nc(N)nc(N(CC(N)=O)C(C)C)n1. The van der Waals surface area contributed by atoms with E-state index in [9.17, 15) is 4.79 Å². The Morgan fingerprint density at radius 1 is 1.39 bits per heavy atom. The first-order valence-corrected chi connectivity index (χ1v) is 5.63. The highest BCUT2D eigenvalue weighted by molar-refractivity contribution is 5.79. The van der Waals surface area contributed by atoms with Crippen molar-refractivity contribution in [1.82, 2.24) is 15.0 Å². The maximum Gasteiger partial charge on any atom is 0.323 e. The predicted octanol–water partition coefficient (Wildman–Crippen LogP) is -0.447. The molecule has 1 aromatic heterocycles. The van der Waals surface area contributed by atoms with Gasteiger partial charge in [0, 0.05) is 6.04 Å². The normalized spacial score (nSPS) is 10.4. The fourth-order valence-corrected chi connectivity index (χ4v) is 1.34. The number of aromatic nitrogens is 3. The first-order chi connectivity index (χ1) is 8.43. The van der Waals surface area contributed by atoms with Crippen LogP contribution < -0.4 is 21.1 Å². The highest BCUT2D eigenvalue weighted by Gasteiger charge is 2.18. The van der Waals surface area contributed by atoms with Crippen molar-refractivity contribution >= 4 is 17.8 Å². The second-order valence-corrected chi connectivity index (χ2v) is 3.90. The van der Waals surface area contributed by atoms with E-state index < -0.39 is 5.91 Å². The summed E-state index contributed by atoms with van der Waals surface area (Å²) < 4.78 is 5.18. The van der Waals surface area contributed by atoms with Gasteiger partial charge in [-0.15, -0.1) is 0 Å². The molecule has 0 radical (unpaired) electrons. The summed E-state index contributed by atoms with van der Waals surface area (Å²) in [5.41, 5.74) is 10.8. The minimum Gasteiger partial charge on any atom is -0.464 e. The fourth-order valence-electron chi connectivity index (χ4n) is 1.34. The molecular weight excluding hydrogens is 236 g/mol. The molecule has 18 heavy (non-hydrogen) atoms. The van der Waals surface area contributed by atoms with Gasteiger partial charge in [0.05, 0.1) is 13.2 Å². The van der Waals surface area contributed by atoms with Crippen LogP contribution in [-0.2, 0) is 4.79 Å². The van der Waals surface area contributed by atoms with E-state index in [4.69, 9.17) is 16.2 Å². The molecule has 0 saturated carbocycles. The highest BCUT2D eigenvalue weighted by atomic mass is 16.5. The molecule has 8 nitrogen and oxygen atoms in total. The van der Waals surface area contributed by atoms with Crippen molar-refractivity contribution < 1.29 is 9.53 Å². The lowest BCUT2D eigenvalue weighted by Gasteiger charge is -2.25. The molecule has 0 aromatic carbocycles. The van der Waals surface area contributed by atoms with E-state index >= 15 is 0 Å². The summed E-state index contributed by atoms with van der Waals surface area (Å²) in [6, 6.07) is 0.129. The molecule has 0 atom stereocenters. The van der Waals surface area contributed by atoms with E-state index in [2.05, 4.69) is 15.0 Å².